The SMILES string of the molecule is C1CCOC1.CCCc1cc2c(C(F)(F)F)noc2c(CCC)c1OC(C#N)c1ccccc1.CCCc1cc2c(C(F)(F)F)noc2c(CCC)c1OC(c1ccccc1)c1nn[nH]n1.[CH3][Sn]([CH3])([CH3])[N]=[N+]=[N-]. The number of nitrogens with zero attached hydrogens (tertiary/aromatic N) is 9. The molecule has 0 spiro atoms. The Kier molecular flexibility index (Phi) is 21.3. The van der Waals surface area contributed by atoms with E-state index in [-0.39, 0.29) is 21.9 Å². The molecule has 15 nitrogen and oxygen atoms in total. The number of aromatic amines is 1. The zero-order valence-corrected chi connectivity index (χ0v) is 44.8. The molecule has 2 atom stereocenters. The molecule has 390 valence electrons. The topological polar surface area (TPSA) is 207 Å². The van der Waals surface area contributed by atoms with Gasteiger partial charge in [-0.25, -0.2) is 0 Å². The second-order valence-corrected chi connectivity index (χ2v) is 30.9. The molecule has 1 N–H and O–H groups in total. The predicted molar refractivity (Wildman–Crippen MR) is 265 cm³/mol. The van der Waals surface area contributed by atoms with Crippen LogP contribution in [0.4, 0.5) is 26.3 Å². The summed E-state index contributed by atoms with van der Waals surface area (Å²) in [6.07, 6.45) is -3.53. The van der Waals surface area contributed by atoms with Gasteiger partial charge in [-0.05, 0) is 61.8 Å². The van der Waals surface area contributed by atoms with Crippen molar-refractivity contribution in [3.05, 3.63) is 134 Å². The van der Waals surface area contributed by atoms with Crippen molar-refractivity contribution in [3.63, 3.8) is 0 Å². The number of nitriles is 1. The van der Waals surface area contributed by atoms with Crippen molar-refractivity contribution in [3.8, 4) is 17.6 Å². The molecule has 0 aliphatic carbocycles. The second-order valence-electron chi connectivity index (χ2n) is 17.9. The number of ether oxygens (including phenoxy) is 3. The minimum atomic E-state index is -4.61. The Bertz CT molecular complexity index is 2880. The molecule has 1 fully saturated rings. The van der Waals surface area contributed by atoms with Crippen molar-refractivity contribution in [2.75, 3.05) is 13.2 Å². The fourth-order valence-electron chi connectivity index (χ4n) is 7.79. The molecule has 0 radical (unpaired) electrons. The van der Waals surface area contributed by atoms with Gasteiger partial charge < -0.3 is 23.3 Å². The monoisotopic (exact) mass is 1130 g/mol. The van der Waals surface area contributed by atoms with Gasteiger partial charge in [0.15, 0.2) is 28.7 Å². The zero-order chi connectivity index (χ0) is 53.2. The Morgan fingerprint density at radius 2 is 1.19 bits per heavy atom. The van der Waals surface area contributed by atoms with Gasteiger partial charge in [-0.2, -0.15) is 36.8 Å². The second kappa shape index (κ2) is 27.1. The number of tetrazole rings is 1. The number of aryl methyl sites for hydroxylation is 4. The predicted octanol–water partition coefficient (Wildman–Crippen LogP) is 14.8. The summed E-state index contributed by atoms with van der Waals surface area (Å²) in [5.74, 6) is 1.21. The maximum absolute atomic E-state index is 13.5. The first-order valence-electron chi connectivity index (χ1n) is 24.1. The zero-order valence-electron chi connectivity index (χ0n) is 41.9. The summed E-state index contributed by atoms with van der Waals surface area (Å²) in [6, 6.07) is 23.4. The van der Waals surface area contributed by atoms with E-state index in [0.29, 0.717) is 90.1 Å². The van der Waals surface area contributed by atoms with Crippen LogP contribution >= 0.6 is 0 Å². The van der Waals surface area contributed by atoms with Gasteiger partial charge in [-0.3, -0.25) is 0 Å². The van der Waals surface area contributed by atoms with Crippen LogP contribution in [0.3, 0.4) is 0 Å². The third-order valence-corrected chi connectivity index (χ3v) is 12.9. The Labute approximate surface area is 423 Å². The summed E-state index contributed by atoms with van der Waals surface area (Å²) in [6.45, 7) is 9.75. The molecule has 73 heavy (non-hydrogen) atoms. The molecule has 4 aromatic carbocycles. The van der Waals surface area contributed by atoms with Crippen molar-refractivity contribution in [2.24, 2.45) is 3.34 Å². The van der Waals surface area contributed by atoms with Crippen LogP contribution in [0, 0.1) is 11.3 Å². The number of halogens is 6. The van der Waals surface area contributed by atoms with Gasteiger partial charge in [0.05, 0.1) is 10.8 Å². The van der Waals surface area contributed by atoms with Crippen molar-refractivity contribution < 1.29 is 49.6 Å². The number of hydrogen-bond acceptors (Lipinski definition) is 12. The van der Waals surface area contributed by atoms with Gasteiger partial charge in [-0.1, -0.05) is 130 Å². The van der Waals surface area contributed by atoms with E-state index < -0.39 is 54.6 Å². The van der Waals surface area contributed by atoms with E-state index in [0.717, 1.165) is 25.2 Å². The normalized spacial score (nSPS) is 13.3. The van der Waals surface area contributed by atoms with Crippen LogP contribution in [0.1, 0.15) is 129 Å². The summed E-state index contributed by atoms with van der Waals surface area (Å²) < 4.78 is 112. The van der Waals surface area contributed by atoms with Crippen LogP contribution in [-0.2, 0) is 42.8 Å². The molecular formula is C51H60F6N10O5Sn. The summed E-state index contributed by atoms with van der Waals surface area (Å²) in [7, 11) is 0. The molecule has 0 bridgehead atoms. The van der Waals surface area contributed by atoms with Crippen molar-refractivity contribution in [1.82, 2.24) is 30.9 Å². The molecule has 2 unspecified atom stereocenters. The molecule has 7 aromatic rings. The van der Waals surface area contributed by atoms with Crippen molar-refractivity contribution >= 4 is 40.6 Å². The van der Waals surface area contributed by atoms with E-state index in [2.05, 4.69) is 60.1 Å². The number of benzene rings is 4. The third kappa shape index (κ3) is 15.8. The maximum atomic E-state index is 13.5. The molecule has 8 rings (SSSR count). The standard InChI is InChI=1S/C22H22F3N5O2.C22H21F3N2O2.C4H8O.3CH3.N3.Sn/c1-3-8-14-12-16-19(32-28-20(16)22(23,24)25)15(9-4-2)17(14)31-18(21-26-29-30-27-21)13-10-6-5-7-11-13;1-3-8-15-12-17-20(29-27-21(17)22(23,24)25)16(9-4-2)19(15)28-18(13-26)14-10-6-5-7-11-14;1-2-4-5-3-1;;;;1-3-2;/h5-7,10-12,18H,3-4,8-9H2,1-2H3,(H,26,27,29,30);5-7,10-12,18H,3-4,8-9H2,1-2H3;1-4H2;3*1H3;;/q;;;;;;-1;+1. The fraction of sp³-hybridized carbons (Fsp3) is 0.451. The average Bonchev–Trinajstić information content (AvgIpc) is 4.21. The first-order chi connectivity index (χ1) is 34.9. The van der Waals surface area contributed by atoms with Crippen LogP contribution in [0.15, 0.2) is 85.2 Å². The number of nitrogens with one attached hydrogen (secondary N) is 1. The van der Waals surface area contributed by atoms with Crippen molar-refractivity contribution in [1.29, 1.82) is 5.26 Å². The first kappa shape index (κ1) is 57.5. The number of alkyl halides is 6. The molecule has 22 heteroatoms. The van der Waals surface area contributed by atoms with Crippen LogP contribution < -0.4 is 9.47 Å². The fourth-order valence-corrected chi connectivity index (χ4v) is 8.56. The van der Waals surface area contributed by atoms with Crippen LogP contribution in [0.25, 0.3) is 32.4 Å². The van der Waals surface area contributed by atoms with E-state index >= 15 is 0 Å². The molecule has 0 saturated carbocycles. The summed E-state index contributed by atoms with van der Waals surface area (Å²) in [5, 5.41) is 30.4. The van der Waals surface area contributed by atoms with Crippen LogP contribution in [-0.4, -0.2) is 62.8 Å². The Hall–Kier alpha value is -6.37. The van der Waals surface area contributed by atoms with Crippen molar-refractivity contribution in [2.45, 2.75) is 131 Å². The number of fused-ring (bicyclic) bond motifs is 2. The van der Waals surface area contributed by atoms with Crippen LogP contribution in [0.2, 0.25) is 14.8 Å². The van der Waals surface area contributed by atoms with E-state index in [1.165, 1.54) is 25.0 Å². The third-order valence-electron chi connectivity index (χ3n) is 10.9. The van der Waals surface area contributed by atoms with E-state index in [1.54, 1.807) is 24.3 Å². The molecular weight excluding hydrogens is 1070 g/mol. The number of azide groups is 1. The van der Waals surface area contributed by atoms with Gasteiger partial charge in [0.25, 0.3) is 0 Å². The van der Waals surface area contributed by atoms with E-state index in [1.807, 2.05) is 64.1 Å². The quantitative estimate of drug-likeness (QED) is 0.0316. The number of aromatic nitrogens is 6. The molecule has 4 heterocycles. The van der Waals surface area contributed by atoms with Gasteiger partial charge in [0, 0.05) is 35.5 Å². The van der Waals surface area contributed by atoms with E-state index in [9.17, 15) is 31.6 Å². The Morgan fingerprint density at radius 3 is 1.55 bits per heavy atom. The molecule has 0 amide bonds. The average molecular weight is 1130 g/mol. The molecule has 1 aliphatic rings. The molecule has 1 aliphatic heterocycles. The molecule has 3 aromatic heterocycles. The van der Waals surface area contributed by atoms with E-state index in [4.69, 9.17) is 28.8 Å². The first-order valence-corrected chi connectivity index (χ1v) is 34.0. The Balaban J connectivity index is 0.000000221. The molecule has 1 saturated heterocycles. The Morgan fingerprint density at radius 1 is 0.726 bits per heavy atom. The number of hydrogen-bond donors (Lipinski definition) is 1. The van der Waals surface area contributed by atoms with Gasteiger partial charge >= 0.3 is 59.6 Å². The summed E-state index contributed by atoms with van der Waals surface area (Å²) in [4.78, 5) is 8.92. The van der Waals surface area contributed by atoms with Gasteiger partial charge in [0.2, 0.25) is 11.9 Å². The number of rotatable bonds is 16. The van der Waals surface area contributed by atoms with Gasteiger partial charge in [0.1, 0.15) is 17.6 Å². The number of H-pyrrole nitrogens is 1. The van der Waals surface area contributed by atoms with Gasteiger partial charge in [-0.15, -0.1) is 10.2 Å². The summed E-state index contributed by atoms with van der Waals surface area (Å²) in [5.41, 5.74) is 9.83. The van der Waals surface area contributed by atoms with Crippen LogP contribution in [0.5, 0.6) is 11.5 Å². The summed E-state index contributed by atoms with van der Waals surface area (Å²) >= 11 is -2.07. The minimum absolute atomic E-state index is 0.0485.